The molecular formula is C33H38O. The third kappa shape index (κ3) is 6.77. The lowest BCUT2D eigenvalue weighted by Crippen LogP contribution is -2.12. The van der Waals surface area contributed by atoms with Crippen molar-refractivity contribution >= 4 is 0 Å². The van der Waals surface area contributed by atoms with Crippen molar-refractivity contribution in [2.24, 2.45) is 5.92 Å². The average Bonchev–Trinajstić information content (AvgIpc) is 2.91. The molecule has 0 aliphatic heterocycles. The lowest BCUT2D eigenvalue weighted by atomic mass is 9.78. The fourth-order valence-electron chi connectivity index (χ4n) is 4.92. The van der Waals surface area contributed by atoms with E-state index < -0.39 is 0 Å². The molecule has 1 saturated carbocycles. The predicted molar refractivity (Wildman–Crippen MR) is 144 cm³/mol. The smallest absolute Gasteiger partial charge is 0.119 e. The fraction of sp³-hybridized carbons (Fsp3) is 0.394. The SMILES string of the molecule is CCCCCOc1ccc(-c2ccc(C#Cc3ccc(C4CCC(CC)CC4)cc3)cc2)cc1. The minimum atomic E-state index is 0.735. The molecule has 34 heavy (non-hydrogen) atoms. The molecule has 0 spiro atoms. The number of rotatable bonds is 8. The molecule has 0 N–H and O–H groups in total. The van der Waals surface area contributed by atoms with Gasteiger partial charge >= 0.3 is 0 Å². The normalized spacial score (nSPS) is 17.6. The lowest BCUT2D eigenvalue weighted by molar-refractivity contribution is 0.306. The molecule has 1 nitrogen and oxygen atoms in total. The summed E-state index contributed by atoms with van der Waals surface area (Å²) in [5, 5.41) is 0. The number of unbranched alkanes of at least 4 members (excludes halogenated alkanes) is 2. The summed E-state index contributed by atoms with van der Waals surface area (Å²) in [5.41, 5.74) is 6.02. The summed E-state index contributed by atoms with van der Waals surface area (Å²) in [4.78, 5) is 0. The van der Waals surface area contributed by atoms with E-state index in [0.717, 1.165) is 41.7 Å². The van der Waals surface area contributed by atoms with Crippen molar-refractivity contribution in [3.8, 4) is 28.7 Å². The third-order valence-electron chi connectivity index (χ3n) is 7.25. The van der Waals surface area contributed by atoms with Crippen LogP contribution in [0.25, 0.3) is 11.1 Å². The molecule has 1 aliphatic rings. The van der Waals surface area contributed by atoms with Gasteiger partial charge in [-0.15, -0.1) is 0 Å². The highest BCUT2D eigenvalue weighted by Gasteiger charge is 2.20. The summed E-state index contributed by atoms with van der Waals surface area (Å²) in [6, 6.07) is 25.9. The Morgan fingerprint density at radius 1 is 0.676 bits per heavy atom. The van der Waals surface area contributed by atoms with E-state index in [4.69, 9.17) is 4.74 Å². The third-order valence-corrected chi connectivity index (χ3v) is 7.25. The summed E-state index contributed by atoms with van der Waals surface area (Å²) < 4.78 is 5.82. The Morgan fingerprint density at radius 2 is 1.24 bits per heavy atom. The van der Waals surface area contributed by atoms with Gasteiger partial charge in [0.25, 0.3) is 0 Å². The number of ether oxygens (including phenoxy) is 1. The molecule has 1 heteroatoms. The largest absolute Gasteiger partial charge is 0.494 e. The first-order chi connectivity index (χ1) is 16.7. The molecule has 176 valence electrons. The molecule has 4 rings (SSSR count). The first-order valence-electron chi connectivity index (χ1n) is 13.2. The van der Waals surface area contributed by atoms with Crippen LogP contribution in [0.15, 0.2) is 72.8 Å². The molecule has 0 amide bonds. The molecule has 1 fully saturated rings. The van der Waals surface area contributed by atoms with Crippen LogP contribution in [-0.4, -0.2) is 6.61 Å². The molecule has 0 radical (unpaired) electrons. The van der Waals surface area contributed by atoms with E-state index in [1.807, 2.05) is 0 Å². The topological polar surface area (TPSA) is 9.23 Å². The van der Waals surface area contributed by atoms with Gasteiger partial charge in [-0.25, -0.2) is 0 Å². The monoisotopic (exact) mass is 450 g/mol. The van der Waals surface area contributed by atoms with E-state index in [9.17, 15) is 0 Å². The van der Waals surface area contributed by atoms with Crippen LogP contribution in [0.4, 0.5) is 0 Å². The highest BCUT2D eigenvalue weighted by molar-refractivity contribution is 5.65. The molecule has 0 unspecified atom stereocenters. The maximum Gasteiger partial charge on any atom is 0.119 e. The van der Waals surface area contributed by atoms with Gasteiger partial charge in [-0.1, -0.05) is 81.3 Å². The minimum absolute atomic E-state index is 0.735. The van der Waals surface area contributed by atoms with E-state index in [0.29, 0.717) is 0 Å². The summed E-state index contributed by atoms with van der Waals surface area (Å²) >= 11 is 0. The van der Waals surface area contributed by atoms with Crippen molar-refractivity contribution in [3.63, 3.8) is 0 Å². The number of hydrogen-bond acceptors (Lipinski definition) is 1. The van der Waals surface area contributed by atoms with Gasteiger partial charge in [0.05, 0.1) is 6.61 Å². The maximum absolute atomic E-state index is 5.82. The molecule has 0 saturated heterocycles. The van der Waals surface area contributed by atoms with Crippen molar-refractivity contribution in [1.82, 2.24) is 0 Å². The van der Waals surface area contributed by atoms with Crippen LogP contribution >= 0.6 is 0 Å². The minimum Gasteiger partial charge on any atom is -0.494 e. The average molecular weight is 451 g/mol. The van der Waals surface area contributed by atoms with Crippen molar-refractivity contribution in [3.05, 3.63) is 89.5 Å². The van der Waals surface area contributed by atoms with Crippen LogP contribution in [-0.2, 0) is 0 Å². The molecule has 0 bridgehead atoms. The highest BCUT2D eigenvalue weighted by atomic mass is 16.5. The van der Waals surface area contributed by atoms with Gasteiger partial charge in [0.2, 0.25) is 0 Å². The van der Waals surface area contributed by atoms with Gasteiger partial charge in [-0.3, -0.25) is 0 Å². The number of hydrogen-bond donors (Lipinski definition) is 0. The van der Waals surface area contributed by atoms with Gasteiger partial charge in [-0.05, 0) is 97.0 Å². The maximum atomic E-state index is 5.82. The molecule has 3 aromatic carbocycles. The van der Waals surface area contributed by atoms with Crippen LogP contribution in [0.3, 0.4) is 0 Å². The van der Waals surface area contributed by atoms with E-state index in [-0.39, 0.29) is 0 Å². The Labute approximate surface area is 206 Å². The molecule has 0 heterocycles. The van der Waals surface area contributed by atoms with Crippen molar-refractivity contribution in [2.75, 3.05) is 6.61 Å². The van der Waals surface area contributed by atoms with E-state index >= 15 is 0 Å². The standard InChI is InChI=1S/C33H38O/c1-3-5-6-25-34-33-23-21-32(22-24-33)31-19-13-28(14-20-31)8-7-27-11-17-30(18-12-27)29-15-9-26(4-2)10-16-29/h11-14,17-24,26,29H,3-6,9-10,15-16,25H2,1-2H3. The van der Waals surface area contributed by atoms with Crippen molar-refractivity contribution in [2.45, 2.75) is 71.1 Å². The lowest BCUT2D eigenvalue weighted by Gasteiger charge is -2.28. The predicted octanol–water partition coefficient (Wildman–Crippen LogP) is 9.01. The summed E-state index contributed by atoms with van der Waals surface area (Å²) in [6.07, 6.45) is 10.3. The van der Waals surface area contributed by atoms with Crippen LogP contribution in [0.1, 0.15) is 87.8 Å². The molecule has 0 aromatic heterocycles. The molecule has 0 atom stereocenters. The zero-order chi connectivity index (χ0) is 23.6. The van der Waals surface area contributed by atoms with Gasteiger partial charge in [-0.2, -0.15) is 0 Å². The van der Waals surface area contributed by atoms with Crippen molar-refractivity contribution in [1.29, 1.82) is 0 Å². The summed E-state index contributed by atoms with van der Waals surface area (Å²) in [7, 11) is 0. The summed E-state index contributed by atoms with van der Waals surface area (Å²) in [6.45, 7) is 5.33. The van der Waals surface area contributed by atoms with Crippen LogP contribution < -0.4 is 4.74 Å². The van der Waals surface area contributed by atoms with Crippen LogP contribution in [0, 0.1) is 17.8 Å². The number of benzene rings is 3. The second-order valence-electron chi connectivity index (χ2n) is 9.66. The van der Waals surface area contributed by atoms with Gasteiger partial charge in [0.1, 0.15) is 5.75 Å². The van der Waals surface area contributed by atoms with E-state index in [1.165, 1.54) is 61.6 Å². The first kappa shape index (κ1) is 24.2. The Hall–Kier alpha value is -2.98. The Bertz CT molecular complexity index is 1060. The Morgan fingerprint density at radius 3 is 1.79 bits per heavy atom. The zero-order valence-electron chi connectivity index (χ0n) is 20.9. The second kappa shape index (κ2) is 12.5. The Balaban J connectivity index is 1.32. The van der Waals surface area contributed by atoms with Crippen LogP contribution in [0.5, 0.6) is 5.75 Å². The van der Waals surface area contributed by atoms with Crippen molar-refractivity contribution < 1.29 is 4.74 Å². The highest BCUT2D eigenvalue weighted by Crippen LogP contribution is 2.36. The first-order valence-corrected chi connectivity index (χ1v) is 13.2. The molecule has 1 aliphatic carbocycles. The quantitative estimate of drug-likeness (QED) is 0.246. The summed E-state index contributed by atoms with van der Waals surface area (Å²) in [5.74, 6) is 9.29. The Kier molecular flexibility index (Phi) is 8.86. The fourth-order valence-corrected chi connectivity index (χ4v) is 4.92. The van der Waals surface area contributed by atoms with Gasteiger partial charge in [0, 0.05) is 11.1 Å². The van der Waals surface area contributed by atoms with Gasteiger partial charge < -0.3 is 4.74 Å². The molecular weight excluding hydrogens is 412 g/mol. The van der Waals surface area contributed by atoms with Crippen LogP contribution in [0.2, 0.25) is 0 Å². The second-order valence-corrected chi connectivity index (χ2v) is 9.66. The molecule has 3 aromatic rings. The van der Waals surface area contributed by atoms with E-state index in [2.05, 4.69) is 98.5 Å². The van der Waals surface area contributed by atoms with Gasteiger partial charge in [0.15, 0.2) is 0 Å². The zero-order valence-corrected chi connectivity index (χ0v) is 20.9. The van der Waals surface area contributed by atoms with E-state index in [1.54, 1.807) is 0 Å².